The number of nitrogens with one attached hydrogen (secondary N) is 1. The van der Waals surface area contributed by atoms with Crippen LogP contribution in [0.1, 0.15) is 23.3 Å². The van der Waals surface area contributed by atoms with E-state index < -0.39 is 0 Å². The molecule has 0 atom stereocenters. The Morgan fingerprint density at radius 3 is 2.60 bits per heavy atom. The summed E-state index contributed by atoms with van der Waals surface area (Å²) in [6.45, 7) is 3.10. The van der Waals surface area contributed by atoms with Crippen molar-refractivity contribution in [2.24, 2.45) is 10.7 Å². The number of rotatable bonds is 6. The fraction of sp³-hybridized carbons (Fsp3) is 0.421. The van der Waals surface area contributed by atoms with Crippen LogP contribution in [0.5, 0.6) is 0 Å². The van der Waals surface area contributed by atoms with Crippen molar-refractivity contribution in [3.63, 3.8) is 0 Å². The van der Waals surface area contributed by atoms with Crippen LogP contribution >= 0.6 is 35.3 Å². The molecule has 3 rings (SSSR count). The number of benzene rings is 1. The molecule has 1 aliphatic heterocycles. The number of halogens is 1. The van der Waals surface area contributed by atoms with Crippen molar-refractivity contribution in [1.29, 1.82) is 0 Å². The third-order valence-corrected chi connectivity index (χ3v) is 5.58. The molecule has 3 N–H and O–H groups in total. The number of hydrogen-bond donors (Lipinski definition) is 2. The van der Waals surface area contributed by atoms with Crippen molar-refractivity contribution in [2.75, 3.05) is 26.3 Å². The molecule has 1 saturated heterocycles. The van der Waals surface area contributed by atoms with E-state index in [9.17, 15) is 0 Å². The van der Waals surface area contributed by atoms with E-state index in [1.807, 2.05) is 0 Å². The first kappa shape index (κ1) is 20.2. The van der Waals surface area contributed by atoms with Crippen molar-refractivity contribution < 1.29 is 4.74 Å². The van der Waals surface area contributed by atoms with Gasteiger partial charge in [-0.2, -0.15) is 0 Å². The summed E-state index contributed by atoms with van der Waals surface area (Å²) in [4.78, 5) is 6.01. The minimum absolute atomic E-state index is 0. The molecule has 0 amide bonds. The minimum Gasteiger partial charge on any atom is -0.381 e. The Bertz CT molecular complexity index is 640. The maximum absolute atomic E-state index is 6.08. The predicted molar refractivity (Wildman–Crippen MR) is 116 cm³/mol. The number of guanidine groups is 1. The van der Waals surface area contributed by atoms with Gasteiger partial charge >= 0.3 is 0 Å². The smallest absolute Gasteiger partial charge is 0.188 e. The van der Waals surface area contributed by atoms with E-state index in [0.29, 0.717) is 12.5 Å². The van der Waals surface area contributed by atoms with Crippen molar-refractivity contribution >= 4 is 41.3 Å². The quantitative estimate of drug-likeness (QED) is 0.385. The number of hydrogen-bond acceptors (Lipinski definition) is 3. The first-order chi connectivity index (χ1) is 11.8. The topological polar surface area (TPSA) is 59.6 Å². The van der Waals surface area contributed by atoms with E-state index in [1.165, 1.54) is 10.4 Å². The van der Waals surface area contributed by atoms with Crippen LogP contribution in [0.3, 0.4) is 0 Å². The zero-order valence-electron chi connectivity index (χ0n) is 14.3. The Hall–Kier alpha value is -1.12. The highest BCUT2D eigenvalue weighted by atomic mass is 127. The van der Waals surface area contributed by atoms with E-state index in [1.54, 1.807) is 11.3 Å². The Morgan fingerprint density at radius 1 is 1.16 bits per heavy atom. The van der Waals surface area contributed by atoms with Gasteiger partial charge in [0, 0.05) is 30.1 Å². The highest BCUT2D eigenvalue weighted by Gasteiger charge is 2.34. The van der Waals surface area contributed by atoms with E-state index in [-0.39, 0.29) is 29.4 Å². The molecule has 0 saturated carbocycles. The number of nitrogens with zero attached hydrogens (tertiary/aromatic N) is 1. The molecule has 1 fully saturated rings. The molecule has 2 aromatic rings. The number of ether oxygens (including phenoxy) is 1. The van der Waals surface area contributed by atoms with Crippen LogP contribution in [0, 0.1) is 0 Å². The normalized spacial score (nSPS) is 16.9. The molecule has 0 radical (unpaired) electrons. The monoisotopic (exact) mass is 471 g/mol. The van der Waals surface area contributed by atoms with E-state index in [0.717, 1.165) is 39.0 Å². The molecule has 0 bridgehead atoms. The third kappa shape index (κ3) is 5.69. The highest BCUT2D eigenvalue weighted by molar-refractivity contribution is 14.0. The molecule has 0 unspecified atom stereocenters. The Morgan fingerprint density at radius 2 is 1.92 bits per heavy atom. The van der Waals surface area contributed by atoms with Crippen molar-refractivity contribution in [3.05, 3.63) is 58.3 Å². The van der Waals surface area contributed by atoms with Crippen molar-refractivity contribution in [1.82, 2.24) is 5.32 Å². The summed E-state index contributed by atoms with van der Waals surface area (Å²) in [7, 11) is 0. The molecule has 0 spiro atoms. The SMILES string of the molecule is I.NC(=NCC1(c2ccccc2)CCOCC1)NCCc1cccs1. The summed E-state index contributed by atoms with van der Waals surface area (Å²) >= 11 is 1.77. The van der Waals surface area contributed by atoms with Crippen LogP contribution < -0.4 is 11.1 Å². The van der Waals surface area contributed by atoms with Gasteiger partial charge in [-0.15, -0.1) is 35.3 Å². The third-order valence-electron chi connectivity index (χ3n) is 4.65. The van der Waals surface area contributed by atoms with Gasteiger partial charge in [0.2, 0.25) is 0 Å². The van der Waals surface area contributed by atoms with E-state index >= 15 is 0 Å². The van der Waals surface area contributed by atoms with Crippen molar-refractivity contribution in [3.8, 4) is 0 Å². The van der Waals surface area contributed by atoms with Crippen LogP contribution in [0.4, 0.5) is 0 Å². The maximum atomic E-state index is 6.08. The van der Waals surface area contributed by atoms with Gasteiger partial charge in [-0.3, -0.25) is 4.99 Å². The Balaban J connectivity index is 0.00000225. The van der Waals surface area contributed by atoms with Gasteiger partial charge in [0.1, 0.15) is 0 Å². The summed E-state index contributed by atoms with van der Waals surface area (Å²) in [5.74, 6) is 0.536. The largest absolute Gasteiger partial charge is 0.381 e. The van der Waals surface area contributed by atoms with Crippen LogP contribution in [-0.4, -0.2) is 32.3 Å². The standard InChI is InChI=1S/C19H25N3OS.HI/c20-18(21-11-8-17-7-4-14-24-17)22-15-19(9-12-23-13-10-19)16-5-2-1-3-6-16;/h1-7,14H,8-13,15H2,(H3,20,21,22);1H. The predicted octanol–water partition coefficient (Wildman–Crippen LogP) is 3.56. The van der Waals surface area contributed by atoms with Gasteiger partial charge in [0.05, 0.1) is 6.54 Å². The van der Waals surface area contributed by atoms with Gasteiger partial charge in [-0.05, 0) is 36.3 Å². The zero-order chi connectivity index (χ0) is 16.7. The van der Waals surface area contributed by atoms with Crippen molar-refractivity contribution in [2.45, 2.75) is 24.7 Å². The lowest BCUT2D eigenvalue weighted by molar-refractivity contribution is 0.0531. The Kier molecular flexibility index (Phi) is 8.18. The molecule has 136 valence electrons. The summed E-state index contributed by atoms with van der Waals surface area (Å²) in [5.41, 5.74) is 7.46. The van der Waals surface area contributed by atoms with Crippen LogP contribution in [0.2, 0.25) is 0 Å². The first-order valence-electron chi connectivity index (χ1n) is 8.48. The Labute approximate surface area is 170 Å². The number of nitrogens with two attached hydrogens (primary N) is 1. The lowest BCUT2D eigenvalue weighted by Crippen LogP contribution is -2.39. The summed E-state index contributed by atoms with van der Waals surface area (Å²) in [5, 5.41) is 5.33. The molecule has 1 aliphatic rings. The molecule has 6 heteroatoms. The second-order valence-electron chi connectivity index (χ2n) is 6.22. The maximum Gasteiger partial charge on any atom is 0.188 e. The minimum atomic E-state index is 0. The highest BCUT2D eigenvalue weighted by Crippen LogP contribution is 2.35. The number of aliphatic imine (C=N–C) groups is 1. The lowest BCUT2D eigenvalue weighted by atomic mass is 9.74. The first-order valence-corrected chi connectivity index (χ1v) is 9.36. The number of thiophene rings is 1. The molecule has 2 heterocycles. The van der Waals surface area contributed by atoms with Crippen LogP contribution in [0.25, 0.3) is 0 Å². The molecule has 1 aromatic carbocycles. The second-order valence-corrected chi connectivity index (χ2v) is 7.25. The van der Waals surface area contributed by atoms with Gasteiger partial charge < -0.3 is 15.8 Å². The van der Waals surface area contributed by atoms with Gasteiger partial charge in [-0.25, -0.2) is 0 Å². The molecular weight excluding hydrogens is 445 g/mol. The fourth-order valence-electron chi connectivity index (χ4n) is 3.15. The van der Waals surface area contributed by atoms with E-state index in [2.05, 4.69) is 58.2 Å². The summed E-state index contributed by atoms with van der Waals surface area (Å²) < 4.78 is 5.57. The van der Waals surface area contributed by atoms with Crippen LogP contribution in [0.15, 0.2) is 52.8 Å². The average molecular weight is 471 g/mol. The van der Waals surface area contributed by atoms with Gasteiger partial charge in [-0.1, -0.05) is 36.4 Å². The average Bonchev–Trinajstić information content (AvgIpc) is 3.15. The molecule has 1 aromatic heterocycles. The van der Waals surface area contributed by atoms with Gasteiger partial charge in [0.15, 0.2) is 5.96 Å². The molecule has 25 heavy (non-hydrogen) atoms. The van der Waals surface area contributed by atoms with E-state index in [4.69, 9.17) is 10.5 Å². The zero-order valence-corrected chi connectivity index (χ0v) is 17.5. The molecule has 0 aliphatic carbocycles. The summed E-state index contributed by atoms with van der Waals surface area (Å²) in [6.07, 6.45) is 2.96. The molecular formula is C19H26IN3OS. The fourth-order valence-corrected chi connectivity index (χ4v) is 3.86. The van der Waals surface area contributed by atoms with Crippen LogP contribution in [-0.2, 0) is 16.6 Å². The second kappa shape index (κ2) is 10.1. The summed E-state index contributed by atoms with van der Waals surface area (Å²) in [6, 6.07) is 14.9. The molecule has 4 nitrogen and oxygen atoms in total. The lowest BCUT2D eigenvalue weighted by Gasteiger charge is -2.36. The van der Waals surface area contributed by atoms with Gasteiger partial charge in [0.25, 0.3) is 0 Å².